The molecule has 1 fully saturated rings. The molecule has 7 nitrogen and oxygen atoms in total. The number of carbonyl (C=O) groups is 1. The lowest BCUT2D eigenvalue weighted by molar-refractivity contribution is -0.118. The molecule has 1 aliphatic heterocycles. The second-order valence-electron chi connectivity index (χ2n) is 5.96. The summed E-state index contributed by atoms with van der Waals surface area (Å²) >= 11 is 2.19. The number of nitrogens with one attached hydrogen (secondary N) is 1. The molecule has 1 unspecified atom stereocenters. The third-order valence-corrected chi connectivity index (χ3v) is 6.33. The Morgan fingerprint density at radius 3 is 2.76 bits per heavy atom. The van der Waals surface area contributed by atoms with Crippen molar-refractivity contribution >= 4 is 44.2 Å². The van der Waals surface area contributed by atoms with Crippen molar-refractivity contribution in [3.8, 4) is 5.75 Å². The molecule has 3 rings (SSSR count). The zero-order valence-corrected chi connectivity index (χ0v) is 16.6. The van der Waals surface area contributed by atoms with E-state index in [0.29, 0.717) is 18.0 Å². The number of hydrogen-bond donors (Lipinski definition) is 1. The Labute approximate surface area is 159 Å². The second-order valence-corrected chi connectivity index (χ2v) is 9.44. The van der Waals surface area contributed by atoms with E-state index in [2.05, 4.69) is 33.0 Å². The highest BCUT2D eigenvalue weighted by Crippen LogP contribution is 2.27. The first-order chi connectivity index (χ1) is 11.8. The van der Waals surface area contributed by atoms with E-state index >= 15 is 0 Å². The van der Waals surface area contributed by atoms with Gasteiger partial charge < -0.3 is 10.1 Å². The molecular formula is C16H18IN3O4S. The Bertz CT molecular complexity index is 877. The SMILES string of the molecule is Cc1cc(NC(=O)COc2ccc(I)cc2)n(C2CCS(=O)(=O)C2)n1. The van der Waals surface area contributed by atoms with E-state index in [4.69, 9.17) is 4.74 Å². The van der Waals surface area contributed by atoms with E-state index in [0.717, 1.165) is 9.26 Å². The Morgan fingerprint density at radius 2 is 2.12 bits per heavy atom. The first-order valence-corrected chi connectivity index (χ1v) is 10.7. The van der Waals surface area contributed by atoms with E-state index < -0.39 is 9.84 Å². The van der Waals surface area contributed by atoms with E-state index in [-0.39, 0.29) is 30.1 Å². The quantitative estimate of drug-likeness (QED) is 0.670. The number of carbonyl (C=O) groups excluding carboxylic acids is 1. The lowest BCUT2D eigenvalue weighted by Crippen LogP contribution is -2.23. The number of nitrogens with zero attached hydrogens (tertiary/aromatic N) is 2. The van der Waals surface area contributed by atoms with E-state index in [9.17, 15) is 13.2 Å². The van der Waals surface area contributed by atoms with Gasteiger partial charge in [-0.3, -0.25) is 4.79 Å². The predicted molar refractivity (Wildman–Crippen MR) is 103 cm³/mol. The monoisotopic (exact) mass is 475 g/mol. The third-order valence-electron chi connectivity index (χ3n) is 3.86. The standard InChI is InChI=1S/C16H18IN3O4S/c1-11-8-15(20(19-11)13-6-7-25(22,23)10-13)18-16(21)9-24-14-4-2-12(17)3-5-14/h2-5,8,13H,6-7,9-10H2,1H3,(H,18,21). The van der Waals surface area contributed by atoms with E-state index in [1.165, 1.54) is 0 Å². The van der Waals surface area contributed by atoms with Crippen LogP contribution in [0, 0.1) is 10.5 Å². The van der Waals surface area contributed by atoms with Crippen molar-refractivity contribution in [1.29, 1.82) is 0 Å². The fraction of sp³-hybridized carbons (Fsp3) is 0.375. The molecule has 1 aromatic heterocycles. The van der Waals surface area contributed by atoms with Crippen LogP contribution in [0.25, 0.3) is 0 Å². The largest absolute Gasteiger partial charge is 0.484 e. The maximum atomic E-state index is 12.2. The van der Waals surface area contributed by atoms with Gasteiger partial charge in [-0.1, -0.05) is 0 Å². The number of amides is 1. The van der Waals surface area contributed by atoms with Gasteiger partial charge in [-0.25, -0.2) is 13.1 Å². The van der Waals surface area contributed by atoms with Crippen LogP contribution in [0.1, 0.15) is 18.2 Å². The fourth-order valence-corrected chi connectivity index (χ4v) is 4.77. The molecule has 0 radical (unpaired) electrons. The van der Waals surface area contributed by atoms with Crippen molar-refractivity contribution < 1.29 is 17.9 Å². The molecule has 2 heterocycles. The number of rotatable bonds is 5. The van der Waals surface area contributed by atoms with Gasteiger partial charge in [-0.15, -0.1) is 0 Å². The van der Waals surface area contributed by atoms with Gasteiger partial charge in [0.1, 0.15) is 11.6 Å². The van der Waals surface area contributed by atoms with Gasteiger partial charge in [0, 0.05) is 9.64 Å². The highest BCUT2D eigenvalue weighted by atomic mass is 127. The van der Waals surface area contributed by atoms with Crippen LogP contribution in [0.4, 0.5) is 5.82 Å². The smallest absolute Gasteiger partial charge is 0.263 e. The molecule has 1 atom stereocenters. The molecule has 1 aliphatic rings. The molecule has 0 saturated carbocycles. The topological polar surface area (TPSA) is 90.3 Å². The molecule has 1 amide bonds. The molecule has 134 valence electrons. The Morgan fingerprint density at radius 1 is 1.40 bits per heavy atom. The van der Waals surface area contributed by atoms with Crippen LogP contribution in [-0.4, -0.2) is 42.2 Å². The molecule has 9 heteroatoms. The van der Waals surface area contributed by atoms with Crippen molar-refractivity contribution in [2.45, 2.75) is 19.4 Å². The van der Waals surface area contributed by atoms with Crippen LogP contribution in [-0.2, 0) is 14.6 Å². The summed E-state index contributed by atoms with van der Waals surface area (Å²) in [4.78, 5) is 12.2. The molecule has 0 aliphatic carbocycles. The van der Waals surface area contributed by atoms with Crippen LogP contribution in [0.3, 0.4) is 0 Å². The lowest BCUT2D eigenvalue weighted by atomic mass is 10.3. The zero-order chi connectivity index (χ0) is 18.0. The minimum atomic E-state index is -3.03. The van der Waals surface area contributed by atoms with Crippen LogP contribution in [0.2, 0.25) is 0 Å². The minimum absolute atomic E-state index is 0.0517. The van der Waals surface area contributed by atoms with E-state index in [1.54, 1.807) is 29.8 Å². The number of hydrogen-bond acceptors (Lipinski definition) is 5. The van der Waals surface area contributed by atoms with E-state index in [1.807, 2.05) is 12.1 Å². The predicted octanol–water partition coefficient (Wildman–Crippen LogP) is 2.17. The molecule has 25 heavy (non-hydrogen) atoms. The van der Waals surface area contributed by atoms with Crippen molar-refractivity contribution in [2.24, 2.45) is 0 Å². The Hall–Kier alpha value is -1.62. The first kappa shape index (κ1) is 18.2. The molecule has 0 bridgehead atoms. The first-order valence-electron chi connectivity index (χ1n) is 7.77. The van der Waals surface area contributed by atoms with Crippen molar-refractivity contribution in [2.75, 3.05) is 23.4 Å². The maximum Gasteiger partial charge on any atom is 0.263 e. The summed E-state index contributed by atoms with van der Waals surface area (Å²) in [7, 11) is -3.03. The molecule has 0 spiro atoms. The lowest BCUT2D eigenvalue weighted by Gasteiger charge is -2.14. The molecule has 1 saturated heterocycles. The summed E-state index contributed by atoms with van der Waals surface area (Å²) in [6.07, 6.45) is 0.505. The Balaban J connectivity index is 1.64. The number of anilines is 1. The summed E-state index contributed by atoms with van der Waals surface area (Å²) in [6.45, 7) is 1.67. The average Bonchev–Trinajstić information content (AvgIpc) is 3.08. The number of aromatic nitrogens is 2. The minimum Gasteiger partial charge on any atom is -0.484 e. The van der Waals surface area contributed by atoms with Crippen molar-refractivity contribution in [1.82, 2.24) is 9.78 Å². The van der Waals surface area contributed by atoms with Crippen molar-refractivity contribution in [3.05, 3.63) is 39.6 Å². The molecular weight excluding hydrogens is 457 g/mol. The Kier molecular flexibility index (Phi) is 5.32. The number of halogens is 1. The van der Waals surface area contributed by atoms with Gasteiger partial charge in [0.05, 0.1) is 23.2 Å². The summed E-state index contributed by atoms with van der Waals surface area (Å²) in [5.74, 6) is 0.995. The number of aryl methyl sites for hydroxylation is 1. The average molecular weight is 475 g/mol. The van der Waals surface area contributed by atoms with Crippen LogP contribution in [0.5, 0.6) is 5.75 Å². The fourth-order valence-electron chi connectivity index (χ4n) is 2.72. The molecule has 1 N–H and O–H groups in total. The van der Waals surface area contributed by atoms with Crippen LogP contribution in [0.15, 0.2) is 30.3 Å². The summed E-state index contributed by atoms with van der Waals surface area (Å²) in [5.41, 5.74) is 0.721. The van der Waals surface area contributed by atoms with Gasteiger partial charge in [-0.2, -0.15) is 5.10 Å². The van der Waals surface area contributed by atoms with Gasteiger partial charge in [0.2, 0.25) is 0 Å². The summed E-state index contributed by atoms with van der Waals surface area (Å²) < 4.78 is 31.5. The van der Waals surface area contributed by atoms with Gasteiger partial charge in [0.15, 0.2) is 16.4 Å². The highest BCUT2D eigenvalue weighted by Gasteiger charge is 2.31. The van der Waals surface area contributed by atoms with Crippen LogP contribution < -0.4 is 10.1 Å². The number of benzene rings is 1. The summed E-state index contributed by atoms with van der Waals surface area (Å²) in [5, 5.41) is 7.09. The van der Waals surface area contributed by atoms with Crippen molar-refractivity contribution in [3.63, 3.8) is 0 Å². The highest BCUT2D eigenvalue weighted by molar-refractivity contribution is 14.1. The molecule has 1 aromatic carbocycles. The normalized spacial score (nSPS) is 18.9. The summed E-state index contributed by atoms with van der Waals surface area (Å²) in [6, 6.07) is 8.87. The second kappa shape index (κ2) is 7.32. The molecule has 2 aromatic rings. The van der Waals surface area contributed by atoms with Crippen LogP contribution >= 0.6 is 22.6 Å². The number of sulfone groups is 1. The number of ether oxygens (including phenoxy) is 1. The van der Waals surface area contributed by atoms with Gasteiger partial charge in [-0.05, 0) is 60.2 Å². The van der Waals surface area contributed by atoms with Gasteiger partial charge >= 0.3 is 0 Å². The third kappa shape index (κ3) is 4.72. The zero-order valence-electron chi connectivity index (χ0n) is 13.6. The van der Waals surface area contributed by atoms with Gasteiger partial charge in [0.25, 0.3) is 5.91 Å². The maximum absolute atomic E-state index is 12.2.